The summed E-state index contributed by atoms with van der Waals surface area (Å²) in [4.78, 5) is 23.0. The molecule has 1 amide bonds. The van der Waals surface area contributed by atoms with E-state index in [1.165, 1.54) is 0 Å². The highest BCUT2D eigenvalue weighted by molar-refractivity contribution is 5.94. The van der Waals surface area contributed by atoms with Crippen LogP contribution in [0.1, 0.15) is 34.8 Å². The van der Waals surface area contributed by atoms with Gasteiger partial charge < -0.3 is 10.4 Å². The van der Waals surface area contributed by atoms with Crippen LogP contribution in [0.25, 0.3) is 0 Å². The van der Waals surface area contributed by atoms with Gasteiger partial charge in [0.1, 0.15) is 0 Å². The van der Waals surface area contributed by atoms with E-state index in [1.807, 2.05) is 36.4 Å². The lowest BCUT2D eigenvalue weighted by Gasteiger charge is -2.18. The number of nitrogens with one attached hydrogen (secondary N) is 1. The summed E-state index contributed by atoms with van der Waals surface area (Å²) in [6.45, 7) is 0. The number of hydrogen-bond donors (Lipinski definition) is 2. The maximum Gasteiger partial charge on any atom is 0.303 e. The van der Waals surface area contributed by atoms with Crippen molar-refractivity contribution in [3.63, 3.8) is 0 Å². The summed E-state index contributed by atoms with van der Waals surface area (Å²) in [5.41, 5.74) is 1.47. The average molecular weight is 283 g/mol. The van der Waals surface area contributed by atoms with Crippen molar-refractivity contribution in [1.82, 2.24) is 5.32 Å². The van der Waals surface area contributed by atoms with Crippen LogP contribution in [-0.4, -0.2) is 17.0 Å². The van der Waals surface area contributed by atoms with E-state index in [2.05, 4.69) is 5.32 Å². The Kier molecular flexibility index (Phi) is 5.10. The highest BCUT2D eigenvalue weighted by atomic mass is 16.4. The fourth-order valence-electron chi connectivity index (χ4n) is 2.11. The molecule has 2 rings (SSSR count). The van der Waals surface area contributed by atoms with E-state index >= 15 is 0 Å². The van der Waals surface area contributed by atoms with Gasteiger partial charge in [0.05, 0.1) is 6.04 Å². The Morgan fingerprint density at radius 2 is 1.52 bits per heavy atom. The lowest BCUT2D eigenvalue weighted by Crippen LogP contribution is -2.29. The van der Waals surface area contributed by atoms with Crippen LogP contribution in [0.15, 0.2) is 60.7 Å². The molecule has 2 aromatic carbocycles. The molecular weight excluding hydrogens is 266 g/mol. The SMILES string of the molecule is O=C(O)CCC(NC(=O)c1ccccc1)c1ccccc1. The highest BCUT2D eigenvalue weighted by Crippen LogP contribution is 2.19. The molecule has 0 radical (unpaired) electrons. The topological polar surface area (TPSA) is 66.4 Å². The van der Waals surface area contributed by atoms with Gasteiger partial charge in [0, 0.05) is 12.0 Å². The molecular formula is C17H17NO3. The number of carboxylic acid groups (broad SMARTS) is 1. The predicted molar refractivity (Wildman–Crippen MR) is 80.0 cm³/mol. The van der Waals surface area contributed by atoms with Crippen molar-refractivity contribution in [1.29, 1.82) is 0 Å². The Morgan fingerprint density at radius 3 is 2.10 bits per heavy atom. The number of carbonyl (C=O) groups is 2. The Hall–Kier alpha value is -2.62. The maximum atomic E-state index is 12.2. The van der Waals surface area contributed by atoms with E-state index in [1.54, 1.807) is 24.3 Å². The summed E-state index contributed by atoms with van der Waals surface area (Å²) < 4.78 is 0. The molecule has 4 heteroatoms. The number of amides is 1. The third kappa shape index (κ3) is 4.45. The third-order valence-electron chi connectivity index (χ3n) is 3.19. The van der Waals surface area contributed by atoms with Crippen LogP contribution in [0.5, 0.6) is 0 Å². The van der Waals surface area contributed by atoms with Gasteiger partial charge in [-0.15, -0.1) is 0 Å². The van der Waals surface area contributed by atoms with E-state index in [9.17, 15) is 9.59 Å². The van der Waals surface area contributed by atoms with Crippen molar-refractivity contribution < 1.29 is 14.7 Å². The van der Waals surface area contributed by atoms with Gasteiger partial charge in [-0.05, 0) is 24.1 Å². The minimum atomic E-state index is -0.870. The molecule has 21 heavy (non-hydrogen) atoms. The first-order valence-electron chi connectivity index (χ1n) is 6.79. The number of benzene rings is 2. The smallest absolute Gasteiger partial charge is 0.303 e. The molecule has 0 aliphatic carbocycles. The van der Waals surface area contributed by atoms with Gasteiger partial charge in [0.15, 0.2) is 0 Å². The molecule has 0 saturated carbocycles. The predicted octanol–water partition coefficient (Wildman–Crippen LogP) is 3.02. The first-order valence-corrected chi connectivity index (χ1v) is 6.79. The van der Waals surface area contributed by atoms with Crippen molar-refractivity contribution in [2.75, 3.05) is 0 Å². The fourth-order valence-corrected chi connectivity index (χ4v) is 2.11. The molecule has 0 aromatic heterocycles. The Morgan fingerprint density at radius 1 is 0.952 bits per heavy atom. The fraction of sp³-hybridized carbons (Fsp3) is 0.176. The van der Waals surface area contributed by atoms with Crippen LogP contribution in [0, 0.1) is 0 Å². The summed E-state index contributed by atoms with van der Waals surface area (Å²) >= 11 is 0. The zero-order valence-corrected chi connectivity index (χ0v) is 11.5. The maximum absolute atomic E-state index is 12.2. The zero-order valence-electron chi connectivity index (χ0n) is 11.5. The van der Waals surface area contributed by atoms with Crippen LogP contribution in [0.2, 0.25) is 0 Å². The number of carbonyl (C=O) groups excluding carboxylic acids is 1. The lowest BCUT2D eigenvalue weighted by molar-refractivity contribution is -0.137. The van der Waals surface area contributed by atoms with Gasteiger partial charge in [0.2, 0.25) is 0 Å². The van der Waals surface area contributed by atoms with Gasteiger partial charge in [-0.3, -0.25) is 9.59 Å². The van der Waals surface area contributed by atoms with Crippen molar-refractivity contribution in [2.45, 2.75) is 18.9 Å². The van der Waals surface area contributed by atoms with E-state index in [0.717, 1.165) is 5.56 Å². The van der Waals surface area contributed by atoms with Crippen LogP contribution in [-0.2, 0) is 4.79 Å². The Balaban J connectivity index is 2.12. The molecule has 0 spiro atoms. The Labute approximate surface area is 123 Å². The second-order valence-corrected chi connectivity index (χ2v) is 4.74. The molecule has 0 aliphatic rings. The molecule has 0 fully saturated rings. The quantitative estimate of drug-likeness (QED) is 0.856. The lowest BCUT2D eigenvalue weighted by atomic mass is 10.0. The normalized spacial score (nSPS) is 11.6. The molecule has 0 heterocycles. The molecule has 4 nitrogen and oxygen atoms in total. The summed E-state index contributed by atoms with van der Waals surface area (Å²) in [5.74, 6) is -1.07. The van der Waals surface area contributed by atoms with Crippen molar-refractivity contribution in [2.24, 2.45) is 0 Å². The average Bonchev–Trinajstić information content (AvgIpc) is 2.52. The van der Waals surface area contributed by atoms with E-state index in [0.29, 0.717) is 12.0 Å². The molecule has 0 saturated heterocycles. The minimum absolute atomic E-state index is 0.00856. The number of carboxylic acids is 1. The van der Waals surface area contributed by atoms with Gasteiger partial charge in [-0.25, -0.2) is 0 Å². The van der Waals surface area contributed by atoms with Crippen LogP contribution in [0.3, 0.4) is 0 Å². The Bertz CT molecular complexity index is 596. The summed E-state index contributed by atoms with van der Waals surface area (Å²) in [7, 11) is 0. The highest BCUT2D eigenvalue weighted by Gasteiger charge is 2.16. The molecule has 0 bridgehead atoms. The van der Waals surface area contributed by atoms with Gasteiger partial charge >= 0.3 is 5.97 Å². The molecule has 2 N–H and O–H groups in total. The summed E-state index contributed by atoms with van der Waals surface area (Å²) in [5, 5.41) is 11.8. The van der Waals surface area contributed by atoms with Crippen LogP contribution >= 0.6 is 0 Å². The van der Waals surface area contributed by atoms with Gasteiger partial charge in [-0.2, -0.15) is 0 Å². The number of aliphatic carboxylic acids is 1. The monoisotopic (exact) mass is 283 g/mol. The van der Waals surface area contributed by atoms with Crippen molar-refractivity contribution >= 4 is 11.9 Å². The summed E-state index contributed by atoms with van der Waals surface area (Å²) in [6.07, 6.45) is 0.368. The second kappa shape index (κ2) is 7.24. The van der Waals surface area contributed by atoms with Crippen LogP contribution < -0.4 is 5.32 Å². The first kappa shape index (κ1) is 14.8. The third-order valence-corrected chi connectivity index (χ3v) is 3.19. The van der Waals surface area contributed by atoms with E-state index < -0.39 is 5.97 Å². The molecule has 0 aliphatic heterocycles. The molecule has 108 valence electrons. The van der Waals surface area contributed by atoms with E-state index in [4.69, 9.17) is 5.11 Å². The minimum Gasteiger partial charge on any atom is -0.481 e. The summed E-state index contributed by atoms with van der Waals surface area (Å²) in [6, 6.07) is 18.0. The van der Waals surface area contributed by atoms with Crippen LogP contribution in [0.4, 0.5) is 0 Å². The molecule has 1 atom stereocenters. The van der Waals surface area contributed by atoms with Crippen molar-refractivity contribution in [3.8, 4) is 0 Å². The standard InChI is InChI=1S/C17H17NO3/c19-16(20)12-11-15(13-7-3-1-4-8-13)18-17(21)14-9-5-2-6-10-14/h1-10,15H,11-12H2,(H,18,21)(H,19,20). The number of rotatable bonds is 6. The van der Waals surface area contributed by atoms with E-state index in [-0.39, 0.29) is 18.4 Å². The second-order valence-electron chi connectivity index (χ2n) is 4.74. The largest absolute Gasteiger partial charge is 0.481 e. The molecule has 2 aromatic rings. The van der Waals surface area contributed by atoms with Crippen molar-refractivity contribution in [3.05, 3.63) is 71.8 Å². The zero-order chi connectivity index (χ0) is 15.1. The first-order chi connectivity index (χ1) is 10.2. The van der Waals surface area contributed by atoms with Gasteiger partial charge in [0.25, 0.3) is 5.91 Å². The van der Waals surface area contributed by atoms with Gasteiger partial charge in [-0.1, -0.05) is 48.5 Å². The number of hydrogen-bond acceptors (Lipinski definition) is 2. The molecule has 1 unspecified atom stereocenters.